The minimum atomic E-state index is -1.62. The van der Waals surface area contributed by atoms with Crippen LogP contribution >= 0.6 is 0 Å². The van der Waals surface area contributed by atoms with Crippen molar-refractivity contribution in [3.63, 3.8) is 0 Å². The first-order valence-corrected chi connectivity index (χ1v) is 28.9. The van der Waals surface area contributed by atoms with Gasteiger partial charge in [0.15, 0.2) is 12.4 Å². The van der Waals surface area contributed by atoms with Crippen molar-refractivity contribution in [3.8, 4) is 0 Å². The third-order valence-electron chi connectivity index (χ3n) is 12.1. The van der Waals surface area contributed by atoms with Gasteiger partial charge in [0.05, 0.1) is 40.3 Å². The number of carboxylic acids is 1. The van der Waals surface area contributed by atoms with E-state index < -0.39 is 24.3 Å². The van der Waals surface area contributed by atoms with Crippen molar-refractivity contribution in [1.82, 2.24) is 0 Å². The number of nitrogens with zero attached hydrogens (tertiary/aromatic N) is 1. The molecule has 0 amide bonds. The number of allylic oxidation sites excluding steroid dienone is 16. The summed E-state index contributed by atoms with van der Waals surface area (Å²) in [5.74, 6) is -2.29. The van der Waals surface area contributed by atoms with Gasteiger partial charge in [-0.25, -0.2) is 0 Å². The molecule has 0 spiro atoms. The van der Waals surface area contributed by atoms with Gasteiger partial charge in [0.1, 0.15) is 13.2 Å². The van der Waals surface area contributed by atoms with Crippen LogP contribution in [0.4, 0.5) is 0 Å². The topological polar surface area (TPSA) is 111 Å². The van der Waals surface area contributed by atoms with Crippen LogP contribution < -0.4 is 5.11 Å². The largest absolute Gasteiger partial charge is 0.545 e. The maximum absolute atomic E-state index is 12.8. The molecule has 0 heterocycles. The molecule has 0 aromatic carbocycles. The maximum Gasteiger partial charge on any atom is 0.306 e. The zero-order valence-corrected chi connectivity index (χ0v) is 46.8. The maximum atomic E-state index is 12.8. The molecule has 0 bridgehead atoms. The van der Waals surface area contributed by atoms with E-state index in [-0.39, 0.29) is 32.2 Å². The Hall–Kier alpha value is -3.79. The lowest BCUT2D eigenvalue weighted by molar-refractivity contribution is -0.870. The summed E-state index contributed by atoms with van der Waals surface area (Å²) in [6.07, 6.45) is 68.9. The van der Waals surface area contributed by atoms with Crippen molar-refractivity contribution < 1.29 is 42.9 Å². The first kappa shape index (κ1) is 68.2. The Labute approximate surface area is 442 Å². The first-order chi connectivity index (χ1) is 35.1. The lowest BCUT2D eigenvalue weighted by atomic mass is 10.0. The summed E-state index contributed by atoms with van der Waals surface area (Å²) >= 11 is 0. The molecule has 9 nitrogen and oxygen atoms in total. The van der Waals surface area contributed by atoms with Gasteiger partial charge < -0.3 is 33.3 Å². The van der Waals surface area contributed by atoms with Gasteiger partial charge in [0.2, 0.25) is 0 Å². The third-order valence-corrected chi connectivity index (χ3v) is 12.1. The van der Waals surface area contributed by atoms with Crippen LogP contribution in [0.2, 0.25) is 0 Å². The third kappa shape index (κ3) is 54.0. The second-order valence-corrected chi connectivity index (χ2v) is 20.2. The number of ether oxygens (including phenoxy) is 4. The van der Waals surface area contributed by atoms with Crippen molar-refractivity contribution in [2.45, 2.75) is 238 Å². The van der Waals surface area contributed by atoms with Gasteiger partial charge in [-0.1, -0.05) is 233 Å². The van der Waals surface area contributed by atoms with E-state index in [1.54, 1.807) is 0 Å². The zero-order valence-electron chi connectivity index (χ0n) is 46.8. The standard InChI is InChI=1S/C63H107NO8/c1-6-8-10-12-14-16-18-20-21-22-23-24-25-26-27-28-29-30-31-32-33-34-35-36-37-38-39-40-41-42-44-46-48-50-52-54-61(66)72-59(58-71-63(62(67)68)69-56-55-64(3,4)5)57-70-60(65)53-51-49-47-45-43-19-17-15-13-11-9-7-2/h8,10,14,16,20-21,23-24,26-27,29-30,32-33,35-36,59,63H,6-7,9,11-13,15,17-19,22,25,28,31,34,37-58H2,1-5H3/b10-8-,16-14-,21-20-,24-23-,27-26-,30-29-,33-32-,36-35-. The molecule has 0 aliphatic carbocycles. The molecule has 0 aliphatic heterocycles. The molecule has 0 saturated heterocycles. The number of likely N-dealkylation sites (N-methyl/N-ethyl adjacent to an activating group) is 1. The predicted molar refractivity (Wildman–Crippen MR) is 301 cm³/mol. The van der Waals surface area contributed by atoms with Crippen LogP contribution in [0.3, 0.4) is 0 Å². The Morgan fingerprint density at radius 1 is 0.431 bits per heavy atom. The van der Waals surface area contributed by atoms with Crippen LogP contribution in [-0.2, 0) is 33.3 Å². The fraction of sp³-hybridized carbons (Fsp3) is 0.698. The average molecular weight is 1010 g/mol. The zero-order chi connectivity index (χ0) is 52.7. The Kier molecular flexibility index (Phi) is 50.7. The molecule has 0 rings (SSSR count). The summed E-state index contributed by atoms with van der Waals surface area (Å²) in [7, 11) is 5.91. The van der Waals surface area contributed by atoms with Crippen LogP contribution in [0.25, 0.3) is 0 Å². The smallest absolute Gasteiger partial charge is 0.306 e. The van der Waals surface area contributed by atoms with Gasteiger partial charge in [-0.15, -0.1) is 0 Å². The minimum absolute atomic E-state index is 0.144. The highest BCUT2D eigenvalue weighted by molar-refractivity contribution is 5.70. The summed E-state index contributed by atoms with van der Waals surface area (Å²) < 4.78 is 22.6. The number of quaternary nitrogens is 1. The lowest BCUT2D eigenvalue weighted by Crippen LogP contribution is -2.44. The molecule has 2 atom stereocenters. The number of aliphatic carboxylic acids is 1. The van der Waals surface area contributed by atoms with Gasteiger partial charge >= 0.3 is 11.9 Å². The normalized spacial score (nSPS) is 13.5. The van der Waals surface area contributed by atoms with Crippen LogP contribution in [0, 0.1) is 0 Å². The van der Waals surface area contributed by atoms with E-state index in [2.05, 4.69) is 111 Å². The van der Waals surface area contributed by atoms with Gasteiger partial charge in [-0.05, 0) is 77.0 Å². The quantitative estimate of drug-likeness (QED) is 0.0195. The van der Waals surface area contributed by atoms with Crippen molar-refractivity contribution >= 4 is 17.9 Å². The highest BCUT2D eigenvalue weighted by atomic mass is 16.7. The van der Waals surface area contributed by atoms with E-state index in [4.69, 9.17) is 18.9 Å². The minimum Gasteiger partial charge on any atom is -0.545 e. The molecule has 0 saturated carbocycles. The number of carboxylic acid groups (broad SMARTS) is 1. The first-order valence-electron chi connectivity index (χ1n) is 28.9. The molecule has 0 N–H and O–H groups in total. The predicted octanol–water partition coefficient (Wildman–Crippen LogP) is 15.6. The highest BCUT2D eigenvalue weighted by Crippen LogP contribution is 2.15. The van der Waals surface area contributed by atoms with Crippen molar-refractivity contribution in [3.05, 3.63) is 97.2 Å². The molecule has 2 unspecified atom stereocenters. The van der Waals surface area contributed by atoms with Crippen molar-refractivity contribution in [1.29, 1.82) is 0 Å². The van der Waals surface area contributed by atoms with Crippen LogP contribution in [0.15, 0.2) is 97.2 Å². The second-order valence-electron chi connectivity index (χ2n) is 20.2. The summed E-state index contributed by atoms with van der Waals surface area (Å²) in [4.78, 5) is 37.2. The Balaban J connectivity index is 4.16. The van der Waals surface area contributed by atoms with Gasteiger partial charge in [0, 0.05) is 12.8 Å². The van der Waals surface area contributed by atoms with Crippen molar-refractivity contribution in [2.75, 3.05) is 47.5 Å². The summed E-state index contributed by atoms with van der Waals surface area (Å²) in [6.45, 7) is 4.62. The van der Waals surface area contributed by atoms with Crippen molar-refractivity contribution in [2.24, 2.45) is 0 Å². The SMILES string of the molecule is CC/C=C\C/C=C\C/C=C\C/C=C\C/C=C\C/C=C\C/C=C\C/C=C\CCCCCCCCCCCCC(=O)OC(COC(=O)CCCCCCCCCCCCCC)COC(OCC[N+](C)(C)C)C(=O)[O-]. The van der Waals surface area contributed by atoms with Gasteiger partial charge in [0.25, 0.3) is 0 Å². The molecule has 72 heavy (non-hydrogen) atoms. The molecule has 0 radical (unpaired) electrons. The fourth-order valence-corrected chi connectivity index (χ4v) is 7.67. The van der Waals surface area contributed by atoms with E-state index >= 15 is 0 Å². The van der Waals surface area contributed by atoms with Gasteiger partial charge in [-0.2, -0.15) is 0 Å². The van der Waals surface area contributed by atoms with Crippen LogP contribution in [-0.4, -0.2) is 82.3 Å². The number of unbranched alkanes of at least 4 members (excludes halogenated alkanes) is 21. The summed E-state index contributed by atoms with van der Waals surface area (Å²) in [6, 6.07) is 0. The number of carbonyl (C=O) groups is 3. The lowest BCUT2D eigenvalue weighted by Gasteiger charge is -2.26. The number of esters is 2. The Morgan fingerprint density at radius 2 is 0.792 bits per heavy atom. The number of hydrogen-bond acceptors (Lipinski definition) is 8. The number of rotatable bonds is 52. The molecular weight excluding hydrogens is 899 g/mol. The molecule has 0 aromatic rings. The average Bonchev–Trinajstić information content (AvgIpc) is 3.35. The molecule has 0 fully saturated rings. The molecule has 9 heteroatoms. The van der Waals surface area contributed by atoms with E-state index in [1.807, 2.05) is 21.1 Å². The fourth-order valence-electron chi connectivity index (χ4n) is 7.67. The molecule has 0 aliphatic rings. The molecule has 0 aromatic heterocycles. The van der Waals surface area contributed by atoms with E-state index in [9.17, 15) is 19.5 Å². The number of hydrogen-bond donors (Lipinski definition) is 0. The monoisotopic (exact) mass is 1010 g/mol. The highest BCUT2D eigenvalue weighted by Gasteiger charge is 2.22. The van der Waals surface area contributed by atoms with Crippen LogP contribution in [0.5, 0.6) is 0 Å². The molecular formula is C63H107NO8. The van der Waals surface area contributed by atoms with E-state index in [0.29, 0.717) is 23.9 Å². The van der Waals surface area contributed by atoms with E-state index in [0.717, 1.165) is 96.3 Å². The van der Waals surface area contributed by atoms with Crippen LogP contribution in [0.1, 0.15) is 226 Å². The summed E-state index contributed by atoms with van der Waals surface area (Å²) in [5.41, 5.74) is 0. The number of carbonyl (C=O) groups excluding carboxylic acids is 3. The van der Waals surface area contributed by atoms with Gasteiger partial charge in [-0.3, -0.25) is 9.59 Å². The Bertz CT molecular complexity index is 1500. The molecule has 412 valence electrons. The van der Waals surface area contributed by atoms with E-state index in [1.165, 1.54) is 96.3 Å². The second kappa shape index (κ2) is 53.5. The summed E-state index contributed by atoms with van der Waals surface area (Å²) in [5, 5.41) is 11.7. The Morgan fingerprint density at radius 3 is 1.18 bits per heavy atom.